The average Bonchev–Trinajstić information content (AvgIpc) is 3.76. The second-order valence-electron chi connectivity index (χ2n) is 14.4. The lowest BCUT2D eigenvalue weighted by atomic mass is 9.96. The van der Waals surface area contributed by atoms with Crippen LogP contribution in [0.2, 0.25) is 0 Å². The largest absolute Gasteiger partial charge is 0.462 e. The number of amides is 1. The minimum absolute atomic E-state index is 0.112. The summed E-state index contributed by atoms with van der Waals surface area (Å²) in [5, 5.41) is 23.3. The van der Waals surface area contributed by atoms with Crippen LogP contribution in [0.15, 0.2) is 50.8 Å². The molecule has 0 spiro atoms. The zero-order valence-corrected chi connectivity index (χ0v) is 35.2. The molecule has 53 heavy (non-hydrogen) atoms. The van der Waals surface area contributed by atoms with Crippen molar-refractivity contribution in [1.82, 2.24) is 4.98 Å². The topological polar surface area (TPSA) is 121 Å². The number of azo groups is 2. The molecule has 1 amide bonds. The van der Waals surface area contributed by atoms with Gasteiger partial charge >= 0.3 is 5.97 Å². The number of thiophene rings is 1. The van der Waals surface area contributed by atoms with Crippen LogP contribution in [0.25, 0.3) is 0 Å². The fraction of sp³-hybridized carbons (Fsp3) is 0.634. The molecule has 3 atom stereocenters. The van der Waals surface area contributed by atoms with Crippen LogP contribution in [0.4, 0.5) is 31.6 Å². The first-order valence-electron chi connectivity index (χ1n) is 19.8. The number of nitrogens with one attached hydrogen (secondary N) is 1. The van der Waals surface area contributed by atoms with Crippen molar-refractivity contribution in [2.75, 3.05) is 29.9 Å². The number of benzene rings is 1. The van der Waals surface area contributed by atoms with E-state index in [1.807, 2.05) is 26.0 Å². The summed E-state index contributed by atoms with van der Waals surface area (Å²) in [5.74, 6) is 1.23. The Hall–Kier alpha value is -3.51. The fourth-order valence-electron chi connectivity index (χ4n) is 5.91. The van der Waals surface area contributed by atoms with Gasteiger partial charge in [-0.3, -0.25) is 4.79 Å². The quantitative estimate of drug-likeness (QED) is 0.0719. The van der Waals surface area contributed by atoms with E-state index in [1.54, 1.807) is 13.0 Å². The molecule has 0 aliphatic heterocycles. The molecular weight excluding hydrogens is 703 g/mol. The molecule has 0 bridgehead atoms. The number of anilines is 2. The molecule has 3 aromatic rings. The number of rotatable bonds is 24. The molecule has 0 aliphatic carbocycles. The number of nitrogens with zero attached hydrogens (tertiary/aromatic N) is 6. The van der Waals surface area contributed by atoms with Crippen molar-refractivity contribution in [2.45, 2.75) is 127 Å². The third kappa shape index (κ3) is 14.3. The summed E-state index contributed by atoms with van der Waals surface area (Å²) < 4.78 is 5.36. The Balaban J connectivity index is 2.04. The van der Waals surface area contributed by atoms with E-state index < -0.39 is 5.97 Å². The highest BCUT2D eigenvalue weighted by molar-refractivity contribution is 7.20. The maximum absolute atomic E-state index is 13.2. The van der Waals surface area contributed by atoms with Crippen LogP contribution >= 0.6 is 22.7 Å². The highest BCUT2D eigenvalue weighted by Crippen LogP contribution is 2.43. The summed E-state index contributed by atoms with van der Waals surface area (Å²) in [4.78, 5) is 33.7. The van der Waals surface area contributed by atoms with E-state index in [9.17, 15) is 9.59 Å². The van der Waals surface area contributed by atoms with Gasteiger partial charge in [0.15, 0.2) is 21.0 Å². The molecule has 292 valence electrons. The number of hydrogen-bond donors (Lipinski definition) is 1. The Morgan fingerprint density at radius 3 is 1.98 bits per heavy atom. The number of thiazole rings is 1. The SMILES string of the molecule is CCCCC(CC)CN(CC(CC)CCCC)c1nc(NC(=O)C(C)CC)c(N=Nc2sc(N=Nc3ccc(CC(C)C)cc3)cc2C(=O)OCC)s1. The van der Waals surface area contributed by atoms with Crippen molar-refractivity contribution in [3.8, 4) is 0 Å². The summed E-state index contributed by atoms with van der Waals surface area (Å²) in [5.41, 5.74) is 2.23. The number of carbonyl (C=O) groups excluding carboxylic acids is 2. The minimum Gasteiger partial charge on any atom is -0.462 e. The Morgan fingerprint density at radius 1 is 0.811 bits per heavy atom. The molecule has 12 heteroatoms. The van der Waals surface area contributed by atoms with Gasteiger partial charge in [-0.2, -0.15) is 0 Å². The number of ether oxygens (including phenoxy) is 1. The monoisotopic (exact) mass is 765 g/mol. The molecule has 0 fully saturated rings. The zero-order valence-electron chi connectivity index (χ0n) is 33.6. The normalized spacial score (nSPS) is 13.5. The standard InChI is InChI=1S/C41H63N7O3S2/c1-10-16-18-30(13-4)26-48(27-31(14-5)19-17-11-2)41-43-36(42-37(49)29(9)12-3)39(53-41)47-46-38-34(40(50)51-15-6)25-35(52-38)45-44-33-22-20-32(21-23-33)24-28(7)8/h20-23,25,28-31H,10-19,24,26-27H2,1-9H3,(H,42,49). The van der Waals surface area contributed by atoms with Crippen LogP contribution in [0, 0.1) is 23.7 Å². The van der Waals surface area contributed by atoms with E-state index in [-0.39, 0.29) is 24.0 Å². The lowest BCUT2D eigenvalue weighted by Gasteiger charge is -2.30. The van der Waals surface area contributed by atoms with Gasteiger partial charge in [0, 0.05) is 19.0 Å². The third-order valence-electron chi connectivity index (χ3n) is 9.48. The van der Waals surface area contributed by atoms with Crippen molar-refractivity contribution in [3.63, 3.8) is 0 Å². The van der Waals surface area contributed by atoms with E-state index in [0.29, 0.717) is 45.0 Å². The molecule has 1 aromatic carbocycles. The maximum Gasteiger partial charge on any atom is 0.341 e. The summed E-state index contributed by atoms with van der Waals surface area (Å²) in [6.07, 6.45) is 11.0. The molecule has 3 unspecified atom stereocenters. The van der Waals surface area contributed by atoms with Crippen LogP contribution in [-0.2, 0) is 16.0 Å². The number of carbonyl (C=O) groups is 2. The van der Waals surface area contributed by atoms with Gasteiger partial charge in [-0.05, 0) is 74.1 Å². The Labute approximate surface area is 326 Å². The molecule has 3 rings (SSSR count). The summed E-state index contributed by atoms with van der Waals surface area (Å²) in [7, 11) is 0. The van der Waals surface area contributed by atoms with Crippen LogP contribution < -0.4 is 10.2 Å². The summed E-state index contributed by atoms with van der Waals surface area (Å²) in [6, 6.07) is 9.66. The van der Waals surface area contributed by atoms with E-state index in [1.165, 1.54) is 66.8 Å². The first-order valence-corrected chi connectivity index (χ1v) is 21.5. The Kier molecular flexibility index (Phi) is 19.3. The van der Waals surface area contributed by atoms with E-state index >= 15 is 0 Å². The molecular formula is C41H63N7O3S2. The van der Waals surface area contributed by atoms with Gasteiger partial charge < -0.3 is 15.0 Å². The van der Waals surface area contributed by atoms with Gasteiger partial charge in [-0.15, -0.1) is 20.5 Å². The van der Waals surface area contributed by atoms with Gasteiger partial charge in [0.25, 0.3) is 0 Å². The average molecular weight is 766 g/mol. The van der Waals surface area contributed by atoms with Crippen LogP contribution in [0.1, 0.15) is 136 Å². The molecule has 0 saturated heterocycles. The highest BCUT2D eigenvalue weighted by Gasteiger charge is 2.25. The third-order valence-corrected chi connectivity index (χ3v) is 11.4. The molecule has 0 aliphatic rings. The van der Waals surface area contributed by atoms with Crippen molar-refractivity contribution in [2.24, 2.45) is 44.1 Å². The van der Waals surface area contributed by atoms with Gasteiger partial charge in [-0.1, -0.05) is 129 Å². The zero-order chi connectivity index (χ0) is 38.8. The lowest BCUT2D eigenvalue weighted by Crippen LogP contribution is -2.34. The van der Waals surface area contributed by atoms with Crippen LogP contribution in [-0.4, -0.2) is 36.6 Å². The van der Waals surface area contributed by atoms with Crippen molar-refractivity contribution in [3.05, 3.63) is 41.5 Å². The summed E-state index contributed by atoms with van der Waals surface area (Å²) >= 11 is 2.64. The second kappa shape index (κ2) is 23.3. The first-order chi connectivity index (χ1) is 25.5. The van der Waals surface area contributed by atoms with Crippen LogP contribution in [0.3, 0.4) is 0 Å². The highest BCUT2D eigenvalue weighted by atomic mass is 32.1. The predicted molar refractivity (Wildman–Crippen MR) is 223 cm³/mol. The molecule has 2 heterocycles. The molecule has 10 nitrogen and oxygen atoms in total. The van der Waals surface area contributed by atoms with E-state index in [4.69, 9.17) is 9.72 Å². The van der Waals surface area contributed by atoms with Crippen molar-refractivity contribution >= 4 is 66.2 Å². The number of aromatic nitrogens is 1. The molecule has 0 radical (unpaired) electrons. The smallest absolute Gasteiger partial charge is 0.341 e. The second-order valence-corrected chi connectivity index (χ2v) is 16.3. The molecule has 2 aromatic heterocycles. The number of esters is 1. The van der Waals surface area contributed by atoms with E-state index in [0.717, 1.165) is 43.2 Å². The minimum atomic E-state index is -0.506. The van der Waals surface area contributed by atoms with Crippen molar-refractivity contribution < 1.29 is 14.3 Å². The first kappa shape index (κ1) is 43.9. The predicted octanol–water partition coefficient (Wildman–Crippen LogP) is 13.6. The maximum atomic E-state index is 13.2. The van der Waals surface area contributed by atoms with Crippen molar-refractivity contribution in [1.29, 1.82) is 0 Å². The molecule has 1 N–H and O–H groups in total. The van der Waals surface area contributed by atoms with E-state index in [2.05, 4.69) is 84.3 Å². The summed E-state index contributed by atoms with van der Waals surface area (Å²) in [6.45, 7) is 21.1. The number of hydrogen-bond acceptors (Lipinski definition) is 11. The van der Waals surface area contributed by atoms with Gasteiger partial charge in [-0.25, -0.2) is 9.78 Å². The van der Waals surface area contributed by atoms with Gasteiger partial charge in [0.1, 0.15) is 10.6 Å². The van der Waals surface area contributed by atoms with Crippen LogP contribution in [0.5, 0.6) is 0 Å². The van der Waals surface area contributed by atoms with Gasteiger partial charge in [0.2, 0.25) is 5.91 Å². The molecule has 0 saturated carbocycles. The fourth-order valence-corrected chi connectivity index (χ4v) is 7.57. The van der Waals surface area contributed by atoms with Gasteiger partial charge in [0.05, 0.1) is 12.3 Å². The Morgan fingerprint density at radius 2 is 1.43 bits per heavy atom. The lowest BCUT2D eigenvalue weighted by molar-refractivity contribution is -0.119. The number of unbranched alkanes of at least 4 members (excludes halogenated alkanes) is 2. The Bertz CT molecular complexity index is 1580.